The number of aromatic hydroxyl groups is 2. The Morgan fingerprint density at radius 3 is 1.78 bits per heavy atom. The van der Waals surface area contributed by atoms with Crippen molar-refractivity contribution in [2.75, 3.05) is 0 Å². The normalized spacial score (nSPS) is 25.9. The van der Waals surface area contributed by atoms with E-state index in [1.807, 2.05) is 24.3 Å². The maximum atomic E-state index is 9.69. The second kappa shape index (κ2) is 5.59. The van der Waals surface area contributed by atoms with Crippen LogP contribution in [0.5, 0.6) is 11.5 Å². The standard InChI is InChI=1S/C21H24O2/c22-18-9-5-16(6-10-18)21(17-7-11-19(23)12-8-17)14-13-15-3-1-2-4-20(15)21/h5-12,15,20,22-23H,1-4,13-14H2. The number of phenols is 2. The molecule has 0 radical (unpaired) electrons. The summed E-state index contributed by atoms with van der Waals surface area (Å²) in [5.41, 5.74) is 2.66. The quantitative estimate of drug-likeness (QED) is 0.821. The molecular formula is C21H24O2. The van der Waals surface area contributed by atoms with Gasteiger partial charge in [0, 0.05) is 5.41 Å². The lowest BCUT2D eigenvalue weighted by Crippen LogP contribution is -2.35. The van der Waals surface area contributed by atoms with Gasteiger partial charge in [0.1, 0.15) is 11.5 Å². The van der Waals surface area contributed by atoms with Gasteiger partial charge in [-0.15, -0.1) is 0 Å². The third-order valence-corrected chi connectivity index (χ3v) is 6.22. The van der Waals surface area contributed by atoms with Crippen molar-refractivity contribution in [1.29, 1.82) is 0 Å². The predicted octanol–water partition coefficient (Wildman–Crippen LogP) is 4.98. The van der Waals surface area contributed by atoms with Crippen LogP contribution in [0.2, 0.25) is 0 Å². The largest absolute Gasteiger partial charge is 0.508 e. The molecule has 2 aliphatic carbocycles. The predicted molar refractivity (Wildman–Crippen MR) is 91.7 cm³/mol. The van der Waals surface area contributed by atoms with Gasteiger partial charge in [-0.25, -0.2) is 0 Å². The monoisotopic (exact) mass is 308 g/mol. The average molecular weight is 308 g/mol. The summed E-state index contributed by atoms with van der Waals surface area (Å²) in [6.07, 6.45) is 7.76. The molecule has 0 saturated heterocycles. The lowest BCUT2D eigenvalue weighted by molar-refractivity contribution is 0.221. The first kappa shape index (κ1) is 14.6. The maximum Gasteiger partial charge on any atom is 0.115 e. The highest BCUT2D eigenvalue weighted by Crippen LogP contribution is 2.57. The molecule has 2 heteroatoms. The topological polar surface area (TPSA) is 40.5 Å². The Kier molecular flexibility index (Phi) is 3.56. The van der Waals surface area contributed by atoms with Gasteiger partial charge in [0.15, 0.2) is 0 Å². The van der Waals surface area contributed by atoms with E-state index in [1.165, 1.54) is 43.2 Å². The van der Waals surface area contributed by atoms with Gasteiger partial charge in [-0.05, 0) is 66.5 Å². The molecule has 0 aromatic heterocycles. The van der Waals surface area contributed by atoms with Crippen molar-refractivity contribution < 1.29 is 10.2 Å². The molecule has 2 aromatic carbocycles. The van der Waals surface area contributed by atoms with Crippen molar-refractivity contribution in [2.24, 2.45) is 11.8 Å². The fourth-order valence-electron chi connectivity index (χ4n) is 5.20. The molecule has 2 aromatic rings. The zero-order valence-corrected chi connectivity index (χ0v) is 13.4. The molecule has 2 fully saturated rings. The lowest BCUT2D eigenvalue weighted by atomic mass is 9.63. The summed E-state index contributed by atoms with van der Waals surface area (Å²) in [6, 6.07) is 15.6. The van der Waals surface area contributed by atoms with Gasteiger partial charge >= 0.3 is 0 Å². The average Bonchev–Trinajstić information content (AvgIpc) is 2.97. The summed E-state index contributed by atoms with van der Waals surface area (Å²) >= 11 is 0. The molecule has 2 atom stereocenters. The minimum atomic E-state index is 0.0342. The Hall–Kier alpha value is -1.96. The van der Waals surface area contributed by atoms with E-state index in [0.29, 0.717) is 17.4 Å². The zero-order valence-electron chi connectivity index (χ0n) is 13.4. The number of rotatable bonds is 2. The summed E-state index contributed by atoms with van der Waals surface area (Å²) in [5.74, 6) is 2.14. The van der Waals surface area contributed by atoms with Gasteiger partial charge in [0.05, 0.1) is 0 Å². The van der Waals surface area contributed by atoms with Crippen LogP contribution in [-0.2, 0) is 5.41 Å². The van der Waals surface area contributed by atoms with Gasteiger partial charge in [0.2, 0.25) is 0 Å². The molecule has 2 nitrogen and oxygen atoms in total. The highest BCUT2D eigenvalue weighted by molar-refractivity contribution is 5.45. The number of fused-ring (bicyclic) bond motifs is 1. The summed E-state index contributed by atoms with van der Waals surface area (Å²) in [7, 11) is 0. The number of hydrogen-bond acceptors (Lipinski definition) is 2. The van der Waals surface area contributed by atoms with Gasteiger partial charge < -0.3 is 10.2 Å². The van der Waals surface area contributed by atoms with E-state index in [4.69, 9.17) is 0 Å². The molecule has 2 unspecified atom stereocenters. The lowest BCUT2D eigenvalue weighted by Gasteiger charge is -2.41. The van der Waals surface area contributed by atoms with E-state index in [1.54, 1.807) is 0 Å². The SMILES string of the molecule is Oc1ccc(C2(c3ccc(O)cc3)CCC3CCCCC32)cc1. The maximum absolute atomic E-state index is 9.69. The number of phenolic OH excluding ortho intramolecular Hbond substituents is 2. The minimum absolute atomic E-state index is 0.0342. The second-order valence-corrected chi connectivity index (χ2v) is 7.25. The molecule has 0 spiro atoms. The van der Waals surface area contributed by atoms with Crippen molar-refractivity contribution in [3.63, 3.8) is 0 Å². The highest BCUT2D eigenvalue weighted by Gasteiger charge is 2.50. The van der Waals surface area contributed by atoms with Crippen molar-refractivity contribution in [2.45, 2.75) is 43.9 Å². The first-order chi connectivity index (χ1) is 11.2. The van der Waals surface area contributed by atoms with E-state index in [9.17, 15) is 10.2 Å². The van der Waals surface area contributed by atoms with Crippen LogP contribution >= 0.6 is 0 Å². The van der Waals surface area contributed by atoms with Crippen molar-refractivity contribution in [3.8, 4) is 11.5 Å². The first-order valence-electron chi connectivity index (χ1n) is 8.79. The van der Waals surface area contributed by atoms with Crippen LogP contribution in [0, 0.1) is 11.8 Å². The van der Waals surface area contributed by atoms with E-state index >= 15 is 0 Å². The molecule has 23 heavy (non-hydrogen) atoms. The van der Waals surface area contributed by atoms with Crippen LogP contribution in [0.1, 0.15) is 49.7 Å². The van der Waals surface area contributed by atoms with Crippen LogP contribution in [0.4, 0.5) is 0 Å². The Balaban J connectivity index is 1.86. The zero-order chi connectivity index (χ0) is 15.9. The Labute approximate surface area is 137 Å². The van der Waals surface area contributed by atoms with Crippen LogP contribution in [-0.4, -0.2) is 10.2 Å². The Morgan fingerprint density at radius 2 is 1.22 bits per heavy atom. The minimum Gasteiger partial charge on any atom is -0.508 e. The van der Waals surface area contributed by atoms with Crippen LogP contribution in [0.3, 0.4) is 0 Å². The van der Waals surface area contributed by atoms with Crippen molar-refractivity contribution in [1.82, 2.24) is 0 Å². The van der Waals surface area contributed by atoms with Gasteiger partial charge in [-0.3, -0.25) is 0 Å². The Bertz CT molecular complexity index is 626. The van der Waals surface area contributed by atoms with Gasteiger partial charge in [-0.2, -0.15) is 0 Å². The van der Waals surface area contributed by atoms with E-state index in [0.717, 1.165) is 12.3 Å². The molecule has 2 N–H and O–H groups in total. The third-order valence-electron chi connectivity index (χ3n) is 6.22. The van der Waals surface area contributed by atoms with Crippen LogP contribution in [0.25, 0.3) is 0 Å². The fourth-order valence-corrected chi connectivity index (χ4v) is 5.20. The summed E-state index contributed by atoms with van der Waals surface area (Å²) in [5, 5.41) is 19.4. The van der Waals surface area contributed by atoms with Crippen molar-refractivity contribution in [3.05, 3.63) is 59.7 Å². The molecule has 2 aliphatic rings. The van der Waals surface area contributed by atoms with Gasteiger partial charge in [0.25, 0.3) is 0 Å². The first-order valence-corrected chi connectivity index (χ1v) is 8.79. The van der Waals surface area contributed by atoms with E-state index in [-0.39, 0.29) is 5.41 Å². The molecule has 0 amide bonds. The number of hydrogen-bond donors (Lipinski definition) is 2. The summed E-state index contributed by atoms with van der Waals surface area (Å²) < 4.78 is 0. The highest BCUT2D eigenvalue weighted by atomic mass is 16.3. The van der Waals surface area contributed by atoms with Crippen molar-refractivity contribution >= 4 is 0 Å². The summed E-state index contributed by atoms with van der Waals surface area (Å²) in [4.78, 5) is 0. The number of benzene rings is 2. The van der Waals surface area contributed by atoms with Crippen LogP contribution < -0.4 is 0 Å². The molecule has 120 valence electrons. The molecule has 0 aliphatic heterocycles. The van der Waals surface area contributed by atoms with Gasteiger partial charge in [-0.1, -0.05) is 43.5 Å². The van der Waals surface area contributed by atoms with Crippen LogP contribution in [0.15, 0.2) is 48.5 Å². The summed E-state index contributed by atoms with van der Waals surface area (Å²) in [6.45, 7) is 0. The third kappa shape index (κ3) is 2.32. The van der Waals surface area contributed by atoms with E-state index in [2.05, 4.69) is 24.3 Å². The smallest absolute Gasteiger partial charge is 0.115 e. The molecule has 4 rings (SSSR count). The molecular weight excluding hydrogens is 284 g/mol. The molecule has 0 bridgehead atoms. The molecule has 0 heterocycles. The second-order valence-electron chi connectivity index (χ2n) is 7.25. The fraction of sp³-hybridized carbons (Fsp3) is 0.429. The Morgan fingerprint density at radius 1 is 0.696 bits per heavy atom. The van der Waals surface area contributed by atoms with E-state index < -0.39 is 0 Å². The molecule has 2 saturated carbocycles.